The van der Waals surface area contributed by atoms with Gasteiger partial charge in [-0.15, -0.1) is 16.4 Å². The van der Waals surface area contributed by atoms with E-state index in [1.807, 2.05) is 33.9 Å². The molecule has 0 aromatic carbocycles. The lowest BCUT2D eigenvalue weighted by molar-refractivity contribution is -0.121. The number of anilines is 1. The summed E-state index contributed by atoms with van der Waals surface area (Å²) < 4.78 is 1.57. The molecule has 0 saturated carbocycles. The number of nitrogens with one attached hydrogen (secondary N) is 1. The van der Waals surface area contributed by atoms with Gasteiger partial charge in [0.25, 0.3) is 5.78 Å². The number of hydrogen-bond acceptors (Lipinski definition) is 7. The van der Waals surface area contributed by atoms with Crippen LogP contribution >= 0.6 is 11.3 Å². The second kappa shape index (κ2) is 6.16. The highest BCUT2D eigenvalue weighted by Gasteiger charge is 2.18. The van der Waals surface area contributed by atoms with Crippen LogP contribution < -0.4 is 11.1 Å². The number of rotatable bonds is 4. The van der Waals surface area contributed by atoms with Crippen molar-refractivity contribution in [1.29, 1.82) is 0 Å². The number of hydrogen-bond donors (Lipinski definition) is 2. The Morgan fingerprint density at radius 1 is 1.38 bits per heavy atom. The maximum Gasteiger partial charge on any atom is 0.254 e. The van der Waals surface area contributed by atoms with Gasteiger partial charge in [0.05, 0.1) is 12.5 Å². The molecule has 1 atom stereocenters. The van der Waals surface area contributed by atoms with Crippen LogP contribution in [-0.4, -0.2) is 30.5 Å². The minimum Gasteiger partial charge on any atom is -0.366 e. The van der Waals surface area contributed by atoms with Crippen molar-refractivity contribution in [3.05, 3.63) is 33.0 Å². The quantitative estimate of drug-likeness (QED) is 0.741. The molecule has 0 radical (unpaired) electrons. The average Bonchev–Trinajstić information content (AvgIpc) is 3.09. The molecule has 3 heterocycles. The molecule has 3 aromatic rings. The lowest BCUT2D eigenvalue weighted by Crippen LogP contribution is -2.29. The number of thiazole rings is 1. The highest BCUT2D eigenvalue weighted by atomic mass is 32.1. The third kappa shape index (κ3) is 3.07. The summed E-state index contributed by atoms with van der Waals surface area (Å²) in [4.78, 5) is 26.3. The zero-order valence-corrected chi connectivity index (χ0v) is 14.8. The van der Waals surface area contributed by atoms with Crippen molar-refractivity contribution in [2.24, 2.45) is 0 Å². The Morgan fingerprint density at radius 2 is 2.12 bits per heavy atom. The molecule has 1 unspecified atom stereocenters. The van der Waals surface area contributed by atoms with Gasteiger partial charge >= 0.3 is 0 Å². The molecule has 24 heavy (non-hydrogen) atoms. The second-order valence-electron chi connectivity index (χ2n) is 5.72. The maximum absolute atomic E-state index is 12.4. The molecule has 0 aliphatic rings. The molecule has 0 bridgehead atoms. The molecule has 0 spiro atoms. The van der Waals surface area contributed by atoms with E-state index in [1.54, 1.807) is 15.9 Å². The second-order valence-corrected chi connectivity index (χ2v) is 6.98. The number of nitrogens with two attached hydrogens (primary N) is 1. The predicted molar refractivity (Wildman–Crippen MR) is 91.8 cm³/mol. The van der Waals surface area contributed by atoms with Crippen LogP contribution in [0.25, 0.3) is 5.78 Å². The van der Waals surface area contributed by atoms with Crippen LogP contribution in [0.4, 0.5) is 5.95 Å². The Labute approximate surface area is 143 Å². The molecular formula is C15H19N7OS. The number of nitrogen functional groups attached to an aromatic ring is 1. The Kier molecular flexibility index (Phi) is 4.18. The fourth-order valence-corrected chi connectivity index (χ4v) is 3.34. The van der Waals surface area contributed by atoms with Crippen LogP contribution in [0.15, 0.2) is 6.20 Å². The van der Waals surface area contributed by atoms with Gasteiger partial charge in [-0.1, -0.05) is 0 Å². The van der Waals surface area contributed by atoms with Crippen molar-refractivity contribution in [1.82, 2.24) is 29.9 Å². The summed E-state index contributed by atoms with van der Waals surface area (Å²) in [6.07, 6.45) is 2.03. The van der Waals surface area contributed by atoms with Crippen LogP contribution in [0.2, 0.25) is 0 Å². The van der Waals surface area contributed by atoms with E-state index >= 15 is 0 Å². The molecule has 9 heteroatoms. The Bertz CT molecular complexity index is 914. The Hall–Kier alpha value is -2.55. The molecular weight excluding hydrogens is 326 g/mol. The van der Waals surface area contributed by atoms with Gasteiger partial charge < -0.3 is 11.1 Å². The van der Waals surface area contributed by atoms with E-state index in [-0.39, 0.29) is 24.3 Å². The number of carbonyl (C=O) groups excluding carboxylic acids is 1. The largest absolute Gasteiger partial charge is 0.366 e. The molecule has 0 fully saturated rings. The molecule has 126 valence electrons. The summed E-state index contributed by atoms with van der Waals surface area (Å²) in [6, 6.07) is -0.129. The van der Waals surface area contributed by atoms with Crippen molar-refractivity contribution >= 4 is 29.0 Å². The summed E-state index contributed by atoms with van der Waals surface area (Å²) >= 11 is 1.58. The molecule has 0 aliphatic carbocycles. The lowest BCUT2D eigenvalue weighted by Gasteiger charge is -2.13. The van der Waals surface area contributed by atoms with E-state index in [4.69, 9.17) is 5.73 Å². The molecule has 3 rings (SSSR count). The average molecular weight is 345 g/mol. The number of aryl methyl sites for hydroxylation is 3. The first-order valence-corrected chi connectivity index (χ1v) is 8.37. The van der Waals surface area contributed by atoms with Crippen LogP contribution in [0.3, 0.4) is 0 Å². The van der Waals surface area contributed by atoms with Gasteiger partial charge in [0.2, 0.25) is 11.9 Å². The summed E-state index contributed by atoms with van der Waals surface area (Å²) in [6.45, 7) is 7.66. The highest BCUT2D eigenvalue weighted by molar-refractivity contribution is 7.11. The zero-order chi connectivity index (χ0) is 17.4. The molecule has 0 saturated heterocycles. The SMILES string of the molecule is Cc1cnc(C(C)NC(=O)Cc2c(C)nc3nc(N)nn3c2C)s1. The van der Waals surface area contributed by atoms with Gasteiger partial charge in [-0.3, -0.25) is 4.79 Å². The van der Waals surface area contributed by atoms with Gasteiger partial charge in [0, 0.05) is 28.0 Å². The first-order chi connectivity index (χ1) is 11.3. The maximum atomic E-state index is 12.4. The lowest BCUT2D eigenvalue weighted by atomic mass is 10.1. The van der Waals surface area contributed by atoms with E-state index in [9.17, 15) is 4.79 Å². The number of carbonyl (C=O) groups is 1. The Balaban J connectivity index is 1.80. The summed E-state index contributed by atoms with van der Waals surface area (Å²) in [5.41, 5.74) is 8.02. The van der Waals surface area contributed by atoms with Gasteiger partial charge in [-0.2, -0.15) is 9.50 Å². The van der Waals surface area contributed by atoms with Crippen LogP contribution in [0.1, 0.15) is 39.8 Å². The van der Waals surface area contributed by atoms with E-state index in [2.05, 4.69) is 25.4 Å². The van der Waals surface area contributed by atoms with Crippen molar-refractivity contribution < 1.29 is 4.79 Å². The van der Waals surface area contributed by atoms with E-state index in [0.29, 0.717) is 5.78 Å². The van der Waals surface area contributed by atoms with E-state index < -0.39 is 0 Å². The fraction of sp³-hybridized carbons (Fsp3) is 0.400. The number of amides is 1. The molecule has 8 nitrogen and oxygen atoms in total. The van der Waals surface area contributed by atoms with Crippen molar-refractivity contribution in [2.75, 3.05) is 5.73 Å². The van der Waals surface area contributed by atoms with Gasteiger partial charge in [0.1, 0.15) is 5.01 Å². The minimum absolute atomic E-state index is 0.0872. The minimum atomic E-state index is -0.129. The third-order valence-corrected chi connectivity index (χ3v) is 4.89. The summed E-state index contributed by atoms with van der Waals surface area (Å²) in [7, 11) is 0. The topological polar surface area (TPSA) is 111 Å². The van der Waals surface area contributed by atoms with Crippen LogP contribution in [-0.2, 0) is 11.2 Å². The zero-order valence-electron chi connectivity index (χ0n) is 14.0. The summed E-state index contributed by atoms with van der Waals surface area (Å²) in [5.74, 6) is 0.522. The fourth-order valence-electron chi connectivity index (χ4n) is 2.57. The number of nitrogens with zero attached hydrogens (tertiary/aromatic N) is 5. The van der Waals surface area contributed by atoms with Crippen molar-refractivity contribution in [3.8, 4) is 0 Å². The predicted octanol–water partition coefficient (Wildman–Crippen LogP) is 1.51. The third-order valence-electron chi connectivity index (χ3n) is 3.79. The Morgan fingerprint density at radius 3 is 2.79 bits per heavy atom. The molecule has 1 amide bonds. The first kappa shape index (κ1) is 16.3. The number of fused-ring (bicyclic) bond motifs is 1. The van der Waals surface area contributed by atoms with Crippen molar-refractivity contribution in [2.45, 2.75) is 40.2 Å². The van der Waals surface area contributed by atoms with Gasteiger partial charge in [-0.25, -0.2) is 9.97 Å². The molecule has 3 aromatic heterocycles. The van der Waals surface area contributed by atoms with Crippen LogP contribution in [0.5, 0.6) is 0 Å². The normalized spacial score (nSPS) is 12.5. The van der Waals surface area contributed by atoms with Gasteiger partial charge in [-0.05, 0) is 27.7 Å². The summed E-state index contributed by atoms with van der Waals surface area (Å²) in [5, 5.41) is 7.99. The molecule has 0 aliphatic heterocycles. The monoisotopic (exact) mass is 345 g/mol. The number of aromatic nitrogens is 5. The molecule has 3 N–H and O–H groups in total. The van der Waals surface area contributed by atoms with Crippen molar-refractivity contribution in [3.63, 3.8) is 0 Å². The van der Waals surface area contributed by atoms with Gasteiger partial charge in [0.15, 0.2) is 0 Å². The van der Waals surface area contributed by atoms with Crippen LogP contribution in [0, 0.1) is 20.8 Å². The van der Waals surface area contributed by atoms with E-state index in [0.717, 1.165) is 26.8 Å². The highest BCUT2D eigenvalue weighted by Crippen LogP contribution is 2.20. The van der Waals surface area contributed by atoms with E-state index in [1.165, 1.54) is 0 Å². The first-order valence-electron chi connectivity index (χ1n) is 7.55. The smallest absolute Gasteiger partial charge is 0.254 e. The standard InChI is InChI=1S/C15H19N7OS/c1-7-6-17-13(24-7)9(3)18-12(23)5-11-8(2)19-15-20-14(16)21-22(15)10(11)4/h6,9H,5H2,1-4H3,(H2,16,21)(H,18,23).